The summed E-state index contributed by atoms with van der Waals surface area (Å²) in [4.78, 5) is 18.9. The van der Waals surface area contributed by atoms with Crippen LogP contribution >= 0.6 is 23.1 Å². The fraction of sp³-hybridized carbons (Fsp3) is 0.667. The van der Waals surface area contributed by atoms with Gasteiger partial charge in [-0.15, -0.1) is 0 Å². The highest BCUT2D eigenvalue weighted by atomic mass is 32.2. The molecule has 1 aliphatic rings. The van der Waals surface area contributed by atoms with Crippen LogP contribution in [0.5, 0.6) is 0 Å². The molecule has 1 aromatic heterocycles. The topological polar surface area (TPSA) is 71.2 Å². The SMILES string of the molecule is CSCC(C)N(C)C(=O)c1sc(NC2CC2)nc1N. The Morgan fingerprint density at radius 3 is 2.95 bits per heavy atom. The zero-order valence-corrected chi connectivity index (χ0v) is 13.1. The number of nitrogens with one attached hydrogen (secondary N) is 1. The lowest BCUT2D eigenvalue weighted by Gasteiger charge is -2.23. The average Bonchev–Trinajstić information content (AvgIpc) is 3.10. The molecule has 1 atom stereocenters. The van der Waals surface area contributed by atoms with Gasteiger partial charge >= 0.3 is 0 Å². The van der Waals surface area contributed by atoms with E-state index >= 15 is 0 Å². The predicted molar refractivity (Wildman–Crippen MR) is 83.1 cm³/mol. The highest BCUT2D eigenvalue weighted by molar-refractivity contribution is 7.98. The van der Waals surface area contributed by atoms with Crippen molar-refractivity contribution in [2.45, 2.75) is 31.8 Å². The molecule has 1 amide bonds. The number of aromatic nitrogens is 1. The molecule has 0 bridgehead atoms. The van der Waals surface area contributed by atoms with Crippen molar-refractivity contribution < 1.29 is 4.79 Å². The lowest BCUT2D eigenvalue weighted by atomic mass is 10.3. The minimum absolute atomic E-state index is 0.0413. The van der Waals surface area contributed by atoms with Crippen LogP contribution in [0.4, 0.5) is 10.9 Å². The van der Waals surface area contributed by atoms with E-state index < -0.39 is 0 Å². The van der Waals surface area contributed by atoms with Gasteiger partial charge in [-0.3, -0.25) is 4.79 Å². The zero-order chi connectivity index (χ0) is 14.0. The third-order valence-electron chi connectivity index (χ3n) is 3.14. The maximum Gasteiger partial charge on any atom is 0.267 e. The Balaban J connectivity index is 2.06. The Morgan fingerprint density at radius 1 is 1.68 bits per heavy atom. The van der Waals surface area contributed by atoms with Gasteiger partial charge in [-0.25, -0.2) is 4.98 Å². The van der Waals surface area contributed by atoms with Gasteiger partial charge in [0.1, 0.15) is 10.7 Å². The summed E-state index contributed by atoms with van der Waals surface area (Å²) in [6.45, 7) is 2.04. The summed E-state index contributed by atoms with van der Waals surface area (Å²) in [5.74, 6) is 1.20. The summed E-state index contributed by atoms with van der Waals surface area (Å²) >= 11 is 3.08. The first-order chi connectivity index (χ1) is 9.02. The van der Waals surface area contributed by atoms with Gasteiger partial charge in [-0.05, 0) is 26.0 Å². The monoisotopic (exact) mass is 300 g/mol. The number of nitrogens with two attached hydrogens (primary N) is 1. The van der Waals surface area contributed by atoms with Gasteiger partial charge in [-0.1, -0.05) is 11.3 Å². The Kier molecular flexibility index (Phi) is 4.57. The van der Waals surface area contributed by atoms with Gasteiger partial charge in [0.25, 0.3) is 5.91 Å². The molecule has 1 aromatic rings. The summed E-state index contributed by atoms with van der Waals surface area (Å²) in [6, 6.07) is 0.700. The van der Waals surface area contributed by atoms with Crippen LogP contribution in [0.3, 0.4) is 0 Å². The molecule has 1 aliphatic carbocycles. The molecule has 0 saturated heterocycles. The van der Waals surface area contributed by atoms with Crippen molar-refractivity contribution in [3.8, 4) is 0 Å². The molecule has 1 saturated carbocycles. The van der Waals surface area contributed by atoms with Crippen molar-refractivity contribution >= 4 is 40.0 Å². The van der Waals surface area contributed by atoms with Crippen LogP contribution < -0.4 is 11.1 Å². The molecule has 0 spiro atoms. The quantitative estimate of drug-likeness (QED) is 0.842. The Labute approximate surface area is 122 Å². The van der Waals surface area contributed by atoms with Gasteiger partial charge in [0.2, 0.25) is 0 Å². The van der Waals surface area contributed by atoms with Crippen molar-refractivity contribution in [2.24, 2.45) is 0 Å². The molecule has 19 heavy (non-hydrogen) atoms. The molecule has 2 rings (SSSR count). The summed E-state index contributed by atoms with van der Waals surface area (Å²) < 4.78 is 0. The van der Waals surface area contributed by atoms with E-state index in [0.717, 1.165) is 10.9 Å². The smallest absolute Gasteiger partial charge is 0.267 e. The minimum atomic E-state index is -0.0413. The van der Waals surface area contributed by atoms with E-state index in [-0.39, 0.29) is 11.9 Å². The largest absolute Gasteiger partial charge is 0.382 e. The summed E-state index contributed by atoms with van der Waals surface area (Å²) in [6.07, 6.45) is 4.38. The molecule has 3 N–H and O–H groups in total. The second-order valence-electron chi connectivity index (χ2n) is 4.87. The Morgan fingerprint density at radius 2 is 2.37 bits per heavy atom. The van der Waals surface area contributed by atoms with E-state index in [1.165, 1.54) is 24.2 Å². The van der Waals surface area contributed by atoms with Crippen molar-refractivity contribution in [2.75, 3.05) is 30.1 Å². The zero-order valence-electron chi connectivity index (χ0n) is 11.5. The molecule has 1 fully saturated rings. The third kappa shape index (κ3) is 3.54. The number of hydrogen-bond acceptors (Lipinski definition) is 6. The van der Waals surface area contributed by atoms with Crippen molar-refractivity contribution in [3.05, 3.63) is 4.88 Å². The molecule has 7 heteroatoms. The molecular weight excluding hydrogens is 280 g/mol. The summed E-state index contributed by atoms with van der Waals surface area (Å²) in [7, 11) is 1.82. The van der Waals surface area contributed by atoms with Crippen LogP contribution in [0.15, 0.2) is 0 Å². The number of carbonyl (C=O) groups excluding carboxylic acids is 1. The third-order valence-corrected chi connectivity index (χ3v) is 4.95. The number of amides is 1. The molecule has 0 radical (unpaired) electrons. The second kappa shape index (κ2) is 6.00. The first-order valence-corrected chi connectivity index (χ1v) is 8.53. The molecular formula is C12H20N4OS2. The lowest BCUT2D eigenvalue weighted by molar-refractivity contribution is 0.0763. The number of anilines is 2. The molecule has 1 unspecified atom stereocenters. The summed E-state index contributed by atoms with van der Waals surface area (Å²) in [5.41, 5.74) is 5.86. The number of thiazole rings is 1. The van der Waals surface area contributed by atoms with E-state index in [9.17, 15) is 4.79 Å². The van der Waals surface area contributed by atoms with Crippen LogP contribution in [0.2, 0.25) is 0 Å². The molecule has 106 valence electrons. The normalized spacial score (nSPS) is 16.2. The fourth-order valence-corrected chi connectivity index (χ4v) is 3.31. The van der Waals surface area contributed by atoms with Crippen LogP contribution in [0, 0.1) is 0 Å². The van der Waals surface area contributed by atoms with Crippen LogP contribution in [-0.2, 0) is 0 Å². The molecule has 1 heterocycles. The van der Waals surface area contributed by atoms with Gasteiger partial charge < -0.3 is 16.0 Å². The van der Waals surface area contributed by atoms with E-state index in [1.54, 1.807) is 16.7 Å². The maximum absolute atomic E-state index is 12.4. The van der Waals surface area contributed by atoms with Crippen molar-refractivity contribution in [1.29, 1.82) is 0 Å². The first kappa shape index (κ1) is 14.5. The number of carbonyl (C=O) groups is 1. The van der Waals surface area contributed by atoms with Crippen molar-refractivity contribution in [3.63, 3.8) is 0 Å². The van der Waals surface area contributed by atoms with Gasteiger partial charge in [0, 0.05) is 24.9 Å². The number of nitrogens with zero attached hydrogens (tertiary/aromatic N) is 2. The van der Waals surface area contributed by atoms with Crippen LogP contribution in [-0.4, -0.2) is 46.9 Å². The van der Waals surface area contributed by atoms with E-state index in [1.807, 2.05) is 20.2 Å². The maximum atomic E-state index is 12.4. The Bertz CT molecular complexity index is 459. The Hall–Kier alpha value is -0.950. The second-order valence-corrected chi connectivity index (χ2v) is 6.78. The van der Waals surface area contributed by atoms with E-state index in [0.29, 0.717) is 16.7 Å². The predicted octanol–water partition coefficient (Wildman–Crippen LogP) is 2.12. The first-order valence-electron chi connectivity index (χ1n) is 6.31. The van der Waals surface area contributed by atoms with E-state index in [2.05, 4.69) is 10.3 Å². The number of thioether (sulfide) groups is 1. The van der Waals surface area contributed by atoms with Crippen LogP contribution in [0.25, 0.3) is 0 Å². The van der Waals surface area contributed by atoms with Gasteiger partial charge in [0.15, 0.2) is 5.13 Å². The highest BCUT2D eigenvalue weighted by Crippen LogP contribution is 2.31. The molecule has 5 nitrogen and oxygen atoms in total. The fourth-order valence-electron chi connectivity index (χ4n) is 1.66. The van der Waals surface area contributed by atoms with Gasteiger partial charge in [0.05, 0.1) is 0 Å². The lowest BCUT2D eigenvalue weighted by Crippen LogP contribution is -2.36. The average molecular weight is 300 g/mol. The van der Waals surface area contributed by atoms with E-state index in [4.69, 9.17) is 5.73 Å². The highest BCUT2D eigenvalue weighted by Gasteiger charge is 2.26. The number of nitrogen functional groups attached to an aromatic ring is 1. The minimum Gasteiger partial charge on any atom is -0.382 e. The van der Waals surface area contributed by atoms with Gasteiger partial charge in [-0.2, -0.15) is 11.8 Å². The summed E-state index contributed by atoms with van der Waals surface area (Å²) in [5, 5.41) is 4.04. The standard InChI is InChI=1S/C12H20N4OS2/c1-7(6-18-3)16(2)11(17)9-10(13)15-12(19-9)14-8-4-5-8/h7-8H,4-6,13H2,1-3H3,(H,14,15). The molecule has 0 aromatic carbocycles. The van der Waals surface area contributed by atoms with Crippen molar-refractivity contribution in [1.82, 2.24) is 9.88 Å². The molecule has 0 aliphatic heterocycles. The number of hydrogen-bond donors (Lipinski definition) is 2. The van der Waals surface area contributed by atoms with Crippen LogP contribution in [0.1, 0.15) is 29.4 Å². The number of rotatable bonds is 6.